The first kappa shape index (κ1) is 20.8. The maximum atomic E-state index is 12.1. The van der Waals surface area contributed by atoms with E-state index < -0.39 is 5.91 Å². The number of nitrogens with two attached hydrogens (primary N) is 2. The molecule has 7 N–H and O–H groups in total. The summed E-state index contributed by atoms with van der Waals surface area (Å²) in [7, 11) is 1.86. The largest absolute Gasteiger partial charge is 0.364 e. The number of H-pyrrole nitrogens is 1. The Hall–Kier alpha value is -4.06. The molecule has 12 nitrogen and oxygen atoms in total. The molecule has 0 radical (unpaired) electrons. The van der Waals surface area contributed by atoms with Crippen LogP contribution in [0, 0.1) is 0 Å². The lowest BCUT2D eigenvalue weighted by molar-refractivity contribution is 0.0995. The molecule has 170 valence electrons. The normalized spacial score (nSPS) is 18.4. The lowest BCUT2D eigenvalue weighted by Gasteiger charge is -2.29. The van der Waals surface area contributed by atoms with Crippen molar-refractivity contribution < 1.29 is 4.79 Å². The van der Waals surface area contributed by atoms with Crippen LogP contribution in [0.2, 0.25) is 0 Å². The van der Waals surface area contributed by atoms with Crippen molar-refractivity contribution in [2.24, 2.45) is 18.5 Å². The van der Waals surface area contributed by atoms with Crippen LogP contribution >= 0.6 is 0 Å². The molecule has 4 aromatic rings. The highest BCUT2D eigenvalue weighted by molar-refractivity contribution is 6.00. The Balaban J connectivity index is 1.54. The number of aromatic nitrogens is 7. The number of aromatic amines is 1. The molecule has 1 aliphatic carbocycles. The molecule has 1 amide bonds. The van der Waals surface area contributed by atoms with Crippen molar-refractivity contribution in [3.63, 3.8) is 0 Å². The SMILES string of the molecule is Cn1ncc2c(Nc3nc(N[C@@H]4CCCC[C@@H]4N)nnc3C(N)=O)cc(-c3cn[nH]c3)cc21. The van der Waals surface area contributed by atoms with Gasteiger partial charge in [0.05, 0.1) is 23.6 Å². The fourth-order valence-electron chi connectivity index (χ4n) is 4.20. The molecular formula is C21H25N11O. The summed E-state index contributed by atoms with van der Waals surface area (Å²) < 4.78 is 1.77. The van der Waals surface area contributed by atoms with E-state index in [2.05, 4.69) is 41.1 Å². The van der Waals surface area contributed by atoms with Crippen LogP contribution in [0.15, 0.2) is 30.7 Å². The monoisotopic (exact) mass is 447 g/mol. The molecule has 0 aliphatic heterocycles. The lowest BCUT2D eigenvalue weighted by Crippen LogP contribution is -2.43. The Labute approximate surface area is 189 Å². The van der Waals surface area contributed by atoms with Crippen LogP contribution in [0.3, 0.4) is 0 Å². The number of anilines is 3. The summed E-state index contributed by atoms with van der Waals surface area (Å²) in [6, 6.07) is 4.01. The summed E-state index contributed by atoms with van der Waals surface area (Å²) >= 11 is 0. The van der Waals surface area contributed by atoms with Crippen LogP contribution in [-0.2, 0) is 7.05 Å². The lowest BCUT2D eigenvalue weighted by atomic mass is 9.91. The van der Waals surface area contributed by atoms with E-state index in [4.69, 9.17) is 11.5 Å². The van der Waals surface area contributed by atoms with Crippen LogP contribution in [-0.4, -0.2) is 53.2 Å². The molecule has 33 heavy (non-hydrogen) atoms. The van der Waals surface area contributed by atoms with Gasteiger partial charge in [0.15, 0.2) is 11.5 Å². The average Bonchev–Trinajstić information content (AvgIpc) is 3.46. The Kier molecular flexibility index (Phi) is 5.34. The van der Waals surface area contributed by atoms with Crippen molar-refractivity contribution in [2.45, 2.75) is 37.8 Å². The highest BCUT2D eigenvalue weighted by Gasteiger charge is 2.24. The second-order valence-corrected chi connectivity index (χ2v) is 8.23. The maximum absolute atomic E-state index is 12.1. The fourth-order valence-corrected chi connectivity index (χ4v) is 4.20. The molecule has 1 saturated carbocycles. The van der Waals surface area contributed by atoms with E-state index in [1.165, 1.54) is 0 Å². The van der Waals surface area contributed by atoms with Crippen LogP contribution < -0.4 is 22.1 Å². The van der Waals surface area contributed by atoms with Crippen molar-refractivity contribution in [1.29, 1.82) is 0 Å². The van der Waals surface area contributed by atoms with Gasteiger partial charge in [-0.1, -0.05) is 12.8 Å². The summed E-state index contributed by atoms with van der Waals surface area (Å²) in [6.07, 6.45) is 9.34. The van der Waals surface area contributed by atoms with Gasteiger partial charge in [-0.05, 0) is 30.5 Å². The van der Waals surface area contributed by atoms with E-state index in [9.17, 15) is 4.79 Å². The summed E-state index contributed by atoms with van der Waals surface area (Å²) in [5.74, 6) is -0.232. The van der Waals surface area contributed by atoms with E-state index in [1.54, 1.807) is 23.3 Å². The number of fused-ring (bicyclic) bond motifs is 1. The number of aryl methyl sites for hydroxylation is 1. The van der Waals surface area contributed by atoms with E-state index in [0.29, 0.717) is 11.6 Å². The predicted molar refractivity (Wildman–Crippen MR) is 124 cm³/mol. The molecule has 1 aliphatic rings. The van der Waals surface area contributed by atoms with E-state index in [0.717, 1.165) is 47.7 Å². The molecule has 0 spiro atoms. The van der Waals surface area contributed by atoms with E-state index >= 15 is 0 Å². The smallest absolute Gasteiger partial charge is 0.273 e. The minimum Gasteiger partial charge on any atom is -0.364 e. The van der Waals surface area contributed by atoms with E-state index in [1.807, 2.05) is 19.2 Å². The maximum Gasteiger partial charge on any atom is 0.273 e. The van der Waals surface area contributed by atoms with Gasteiger partial charge in [-0.3, -0.25) is 14.6 Å². The van der Waals surface area contributed by atoms with Gasteiger partial charge in [-0.2, -0.15) is 15.2 Å². The first-order chi connectivity index (χ1) is 16.0. The highest BCUT2D eigenvalue weighted by atomic mass is 16.1. The second kappa shape index (κ2) is 8.47. The zero-order valence-corrected chi connectivity index (χ0v) is 18.1. The number of benzene rings is 1. The number of primary amides is 1. The summed E-state index contributed by atoms with van der Waals surface area (Å²) in [4.78, 5) is 16.6. The van der Waals surface area contributed by atoms with Crippen LogP contribution in [0.4, 0.5) is 17.5 Å². The number of hydrogen-bond acceptors (Lipinski definition) is 9. The van der Waals surface area contributed by atoms with Gasteiger partial charge in [-0.25, -0.2) is 0 Å². The molecule has 3 heterocycles. The van der Waals surface area contributed by atoms with Gasteiger partial charge < -0.3 is 22.1 Å². The van der Waals surface area contributed by atoms with Crippen LogP contribution in [0.25, 0.3) is 22.0 Å². The summed E-state index contributed by atoms with van der Waals surface area (Å²) in [6.45, 7) is 0. The molecule has 0 saturated heterocycles. The van der Waals surface area contributed by atoms with Gasteiger partial charge in [0.25, 0.3) is 5.91 Å². The third-order valence-electron chi connectivity index (χ3n) is 6.01. The molecule has 0 bridgehead atoms. The number of hydrogen-bond donors (Lipinski definition) is 5. The number of nitrogens with one attached hydrogen (secondary N) is 3. The molecule has 0 unspecified atom stereocenters. The standard InChI is InChI=1S/C21H25N11O/c1-32-17-7-11(12-8-24-25-9-12)6-16(13(17)10-26-32)27-20-18(19(23)33)30-31-21(29-20)28-15-5-3-2-4-14(15)22/h6-10,14-15H,2-5,22H2,1H3,(H2,23,33)(H,24,25)(H2,27,28,29,31)/t14-,15+/m0/s1. The zero-order valence-electron chi connectivity index (χ0n) is 18.1. The average molecular weight is 448 g/mol. The third-order valence-corrected chi connectivity index (χ3v) is 6.01. The number of carbonyl (C=O) groups is 1. The van der Waals surface area contributed by atoms with Crippen molar-refractivity contribution >= 4 is 34.3 Å². The van der Waals surface area contributed by atoms with Gasteiger partial charge in [-0.15, -0.1) is 10.2 Å². The Bertz CT molecular complexity index is 1300. The first-order valence-corrected chi connectivity index (χ1v) is 10.8. The van der Waals surface area contributed by atoms with Gasteiger partial charge in [0.1, 0.15) is 0 Å². The number of rotatable bonds is 6. The van der Waals surface area contributed by atoms with Crippen molar-refractivity contribution in [1.82, 2.24) is 35.2 Å². The van der Waals surface area contributed by atoms with E-state index in [-0.39, 0.29) is 23.6 Å². The minimum atomic E-state index is -0.730. The Morgan fingerprint density at radius 1 is 1.18 bits per heavy atom. The number of nitrogens with zero attached hydrogens (tertiary/aromatic N) is 6. The van der Waals surface area contributed by atoms with Crippen molar-refractivity contribution in [2.75, 3.05) is 10.6 Å². The molecule has 5 rings (SSSR count). The third kappa shape index (κ3) is 4.07. The van der Waals surface area contributed by atoms with Crippen molar-refractivity contribution in [3.8, 4) is 11.1 Å². The Morgan fingerprint density at radius 2 is 2.03 bits per heavy atom. The van der Waals surface area contributed by atoms with Gasteiger partial charge >= 0.3 is 0 Å². The van der Waals surface area contributed by atoms with Crippen LogP contribution in [0.1, 0.15) is 36.2 Å². The molecule has 3 aromatic heterocycles. The van der Waals surface area contributed by atoms with Gasteiger partial charge in [0, 0.05) is 36.3 Å². The second-order valence-electron chi connectivity index (χ2n) is 8.23. The zero-order chi connectivity index (χ0) is 22.9. The molecule has 12 heteroatoms. The topological polar surface area (TPSA) is 178 Å². The number of amides is 1. The number of carbonyl (C=O) groups excluding carboxylic acids is 1. The molecule has 2 atom stereocenters. The van der Waals surface area contributed by atoms with Gasteiger partial charge in [0.2, 0.25) is 5.95 Å². The van der Waals surface area contributed by atoms with Crippen molar-refractivity contribution in [3.05, 3.63) is 36.4 Å². The quantitative estimate of drug-likeness (QED) is 0.294. The molecule has 1 fully saturated rings. The summed E-state index contributed by atoms with van der Waals surface area (Å²) in [5.41, 5.74) is 15.2. The minimum absolute atomic E-state index is 0.0104. The predicted octanol–water partition coefficient (Wildman–Crippen LogP) is 1.67. The van der Waals surface area contributed by atoms with Crippen LogP contribution in [0.5, 0.6) is 0 Å². The fraction of sp³-hybridized carbons (Fsp3) is 0.333. The molecular weight excluding hydrogens is 422 g/mol. The molecule has 1 aromatic carbocycles. The highest BCUT2D eigenvalue weighted by Crippen LogP contribution is 2.32. The first-order valence-electron chi connectivity index (χ1n) is 10.8. The Morgan fingerprint density at radius 3 is 2.79 bits per heavy atom. The summed E-state index contributed by atoms with van der Waals surface area (Å²) in [5, 5.41) is 26.7.